The van der Waals surface area contributed by atoms with Crippen LogP contribution in [-0.2, 0) is 4.79 Å². The van der Waals surface area contributed by atoms with E-state index in [1.165, 1.54) is 353 Å². The average molecular weight is 1010 g/mol. The Hall–Kier alpha value is -0.870. The van der Waals surface area contributed by atoms with Crippen molar-refractivity contribution < 1.29 is 15.0 Å². The van der Waals surface area contributed by atoms with Crippen LogP contribution >= 0.6 is 0 Å². The molecule has 1 amide bonds. The van der Waals surface area contributed by atoms with Gasteiger partial charge in [0.2, 0.25) is 5.91 Å². The highest BCUT2D eigenvalue weighted by atomic mass is 16.3. The topological polar surface area (TPSA) is 69.6 Å². The van der Waals surface area contributed by atoms with Crippen molar-refractivity contribution in [2.24, 2.45) is 0 Å². The van der Waals surface area contributed by atoms with Crippen LogP contribution in [0.15, 0.2) is 12.2 Å². The van der Waals surface area contributed by atoms with E-state index in [0.717, 1.165) is 25.7 Å². The molecule has 4 nitrogen and oxygen atoms in total. The van der Waals surface area contributed by atoms with Gasteiger partial charge in [-0.1, -0.05) is 386 Å². The van der Waals surface area contributed by atoms with Crippen molar-refractivity contribution in [3.8, 4) is 0 Å². The first kappa shape index (κ1) is 71.1. The molecular weight excluding hydrogens is 879 g/mol. The number of aliphatic hydroxyl groups is 2. The molecule has 2 unspecified atom stereocenters. The van der Waals surface area contributed by atoms with Gasteiger partial charge in [-0.25, -0.2) is 0 Å². The Balaban J connectivity index is 3.39. The molecule has 0 fully saturated rings. The predicted molar refractivity (Wildman–Crippen MR) is 323 cm³/mol. The van der Waals surface area contributed by atoms with E-state index in [1.54, 1.807) is 6.08 Å². The zero-order chi connectivity index (χ0) is 52.0. The molecule has 0 aliphatic rings. The quantitative estimate of drug-likeness (QED) is 0.0420. The van der Waals surface area contributed by atoms with Crippen molar-refractivity contribution in [2.45, 2.75) is 411 Å². The number of nitrogens with one attached hydrogen (secondary N) is 1. The molecule has 0 spiro atoms. The first-order valence-electron chi connectivity index (χ1n) is 33.9. The number of rotatable bonds is 64. The highest BCUT2D eigenvalue weighted by Crippen LogP contribution is 2.19. The molecule has 0 aliphatic carbocycles. The van der Waals surface area contributed by atoms with E-state index in [4.69, 9.17) is 0 Å². The normalized spacial score (nSPS) is 12.7. The van der Waals surface area contributed by atoms with Crippen LogP contribution in [0.2, 0.25) is 0 Å². The molecule has 2 atom stereocenters. The van der Waals surface area contributed by atoms with E-state index in [2.05, 4.69) is 19.2 Å². The summed E-state index contributed by atoms with van der Waals surface area (Å²) in [6, 6.07) is -0.619. The Bertz CT molecular complexity index is 1010. The van der Waals surface area contributed by atoms with Gasteiger partial charge in [-0.05, 0) is 19.3 Å². The molecule has 0 aliphatic heterocycles. The number of carbonyl (C=O) groups is 1. The first-order valence-corrected chi connectivity index (χ1v) is 33.9. The number of hydrogen-bond acceptors (Lipinski definition) is 3. The molecule has 0 bridgehead atoms. The lowest BCUT2D eigenvalue weighted by molar-refractivity contribution is -0.123. The Morgan fingerprint density at radius 3 is 0.722 bits per heavy atom. The van der Waals surface area contributed by atoms with E-state index in [1.807, 2.05) is 6.08 Å². The fraction of sp³-hybridized carbons (Fsp3) is 0.956. The molecule has 430 valence electrons. The maximum absolute atomic E-state index is 12.5. The minimum atomic E-state index is -0.837. The van der Waals surface area contributed by atoms with Crippen molar-refractivity contribution in [3.05, 3.63) is 12.2 Å². The van der Waals surface area contributed by atoms with Gasteiger partial charge in [0.05, 0.1) is 18.8 Å². The van der Waals surface area contributed by atoms with Crippen LogP contribution in [0.3, 0.4) is 0 Å². The van der Waals surface area contributed by atoms with Crippen LogP contribution in [0, 0.1) is 0 Å². The minimum Gasteiger partial charge on any atom is -0.394 e. The molecule has 0 saturated carbocycles. The van der Waals surface area contributed by atoms with Gasteiger partial charge in [0.1, 0.15) is 0 Å². The van der Waals surface area contributed by atoms with E-state index in [9.17, 15) is 15.0 Å². The number of hydrogen-bond donors (Lipinski definition) is 3. The molecule has 0 heterocycles. The number of unbranched alkanes of at least 4 members (excludes halogenated alkanes) is 57. The van der Waals surface area contributed by atoms with Gasteiger partial charge >= 0.3 is 0 Å². The van der Waals surface area contributed by atoms with E-state index in [0.29, 0.717) is 6.42 Å². The Morgan fingerprint density at radius 1 is 0.319 bits per heavy atom. The SMILES string of the molecule is CCCCCCCCCCCCCCCCCCCCCCCCCCC/C=C/C(O)C(CO)NC(=O)CCCCCCCCCCCCCCCCCCCCCCCCCCCCCCCCCCC. The number of allylic oxidation sites excluding steroid dienone is 1. The molecule has 0 aromatic rings. The summed E-state index contributed by atoms with van der Waals surface area (Å²) in [4.78, 5) is 12.5. The summed E-state index contributed by atoms with van der Waals surface area (Å²) in [6.07, 6.45) is 85.8. The van der Waals surface area contributed by atoms with Crippen molar-refractivity contribution >= 4 is 5.91 Å². The van der Waals surface area contributed by atoms with Crippen LogP contribution in [0.25, 0.3) is 0 Å². The predicted octanol–water partition coefficient (Wildman–Crippen LogP) is 22.8. The lowest BCUT2D eigenvalue weighted by atomic mass is 10.0. The molecule has 4 heteroatoms. The Kier molecular flexibility index (Phi) is 63.6. The largest absolute Gasteiger partial charge is 0.394 e. The number of amides is 1. The van der Waals surface area contributed by atoms with Crippen LogP contribution in [0.5, 0.6) is 0 Å². The third-order valence-electron chi connectivity index (χ3n) is 16.3. The lowest BCUT2D eigenvalue weighted by Gasteiger charge is -2.20. The fourth-order valence-electron chi connectivity index (χ4n) is 11.1. The van der Waals surface area contributed by atoms with Crippen molar-refractivity contribution in [1.82, 2.24) is 5.32 Å². The van der Waals surface area contributed by atoms with Crippen LogP contribution in [-0.4, -0.2) is 34.9 Å². The van der Waals surface area contributed by atoms with Gasteiger partial charge < -0.3 is 15.5 Å². The van der Waals surface area contributed by atoms with Gasteiger partial charge in [0.25, 0.3) is 0 Å². The van der Waals surface area contributed by atoms with Gasteiger partial charge in [-0.15, -0.1) is 0 Å². The summed E-state index contributed by atoms with van der Waals surface area (Å²) in [6.45, 7) is 4.37. The first-order chi connectivity index (χ1) is 35.7. The number of aliphatic hydroxyl groups excluding tert-OH is 2. The van der Waals surface area contributed by atoms with Crippen LogP contribution in [0.1, 0.15) is 399 Å². The summed E-state index contributed by atoms with van der Waals surface area (Å²) >= 11 is 0. The maximum Gasteiger partial charge on any atom is 0.220 e. The van der Waals surface area contributed by atoms with Crippen molar-refractivity contribution in [2.75, 3.05) is 6.61 Å². The maximum atomic E-state index is 12.5. The molecule has 0 rings (SSSR count). The van der Waals surface area contributed by atoms with Crippen LogP contribution in [0.4, 0.5) is 0 Å². The highest BCUT2D eigenvalue weighted by molar-refractivity contribution is 5.76. The summed E-state index contributed by atoms with van der Waals surface area (Å²) in [5.41, 5.74) is 0. The van der Waals surface area contributed by atoms with E-state index < -0.39 is 12.1 Å². The molecule has 3 N–H and O–H groups in total. The van der Waals surface area contributed by atoms with E-state index in [-0.39, 0.29) is 12.5 Å². The molecule has 0 saturated heterocycles. The van der Waals surface area contributed by atoms with Gasteiger partial charge in [0.15, 0.2) is 0 Å². The zero-order valence-electron chi connectivity index (χ0n) is 49.7. The van der Waals surface area contributed by atoms with Crippen molar-refractivity contribution in [1.29, 1.82) is 0 Å². The third kappa shape index (κ3) is 60.0. The lowest BCUT2D eigenvalue weighted by Crippen LogP contribution is -2.45. The second-order valence-corrected chi connectivity index (χ2v) is 23.6. The summed E-state index contributed by atoms with van der Waals surface area (Å²) in [5, 5.41) is 23.3. The van der Waals surface area contributed by atoms with E-state index >= 15 is 0 Å². The highest BCUT2D eigenvalue weighted by Gasteiger charge is 2.18. The minimum absolute atomic E-state index is 0.0533. The standard InChI is InChI=1S/C68H135NO3/c1-3-5-7-9-11-13-15-17-19-21-23-25-27-29-31-32-33-34-35-36-38-40-42-44-46-48-50-52-54-56-58-60-62-64-68(72)69-66(65-70)67(71)63-61-59-57-55-53-51-49-47-45-43-41-39-37-30-28-26-24-22-20-18-16-14-12-10-8-6-4-2/h61,63,66-67,70-71H,3-60,62,64-65H2,1-2H3,(H,69,72)/b63-61+. The molecule has 72 heavy (non-hydrogen) atoms. The van der Waals surface area contributed by atoms with Gasteiger partial charge in [0, 0.05) is 6.42 Å². The zero-order valence-corrected chi connectivity index (χ0v) is 49.7. The average Bonchev–Trinajstić information content (AvgIpc) is 3.39. The number of carbonyl (C=O) groups excluding carboxylic acids is 1. The fourth-order valence-corrected chi connectivity index (χ4v) is 11.1. The van der Waals surface area contributed by atoms with Crippen LogP contribution < -0.4 is 5.32 Å². The third-order valence-corrected chi connectivity index (χ3v) is 16.3. The molecule has 0 radical (unpaired) electrons. The second-order valence-electron chi connectivity index (χ2n) is 23.6. The smallest absolute Gasteiger partial charge is 0.220 e. The summed E-state index contributed by atoms with van der Waals surface area (Å²) < 4.78 is 0. The molecule has 0 aromatic heterocycles. The molecule has 0 aromatic carbocycles. The monoisotopic (exact) mass is 1010 g/mol. The van der Waals surface area contributed by atoms with Crippen molar-refractivity contribution in [3.63, 3.8) is 0 Å². The Labute approximate surface area is 454 Å². The Morgan fingerprint density at radius 2 is 0.514 bits per heavy atom. The summed E-state index contributed by atoms with van der Waals surface area (Å²) in [7, 11) is 0. The van der Waals surface area contributed by atoms with Gasteiger partial charge in [-0.2, -0.15) is 0 Å². The molecular formula is C68H135NO3. The summed E-state index contributed by atoms with van der Waals surface area (Å²) in [5.74, 6) is -0.0533. The van der Waals surface area contributed by atoms with Gasteiger partial charge in [-0.3, -0.25) is 4.79 Å². The second kappa shape index (κ2) is 64.4.